The highest BCUT2D eigenvalue weighted by atomic mass is 79.9. The molecule has 0 N–H and O–H groups in total. The van der Waals surface area contributed by atoms with E-state index in [1.54, 1.807) is 4.31 Å². The van der Waals surface area contributed by atoms with E-state index in [0.29, 0.717) is 19.0 Å². The van der Waals surface area contributed by atoms with Gasteiger partial charge in [-0.2, -0.15) is 0 Å². The Hall–Kier alpha value is -0.460. The highest BCUT2D eigenvalue weighted by molar-refractivity contribution is 9.10. The number of halogens is 1. The lowest BCUT2D eigenvalue weighted by Gasteiger charge is -2.17. The maximum Gasteiger partial charge on any atom is 0.211 e. The topological polar surface area (TPSA) is 50.3 Å². The molecule has 0 aromatic carbocycles. The summed E-state index contributed by atoms with van der Waals surface area (Å²) in [6.45, 7) is 1.29. The van der Waals surface area contributed by atoms with E-state index in [-0.39, 0.29) is 0 Å². The molecule has 0 amide bonds. The van der Waals surface area contributed by atoms with Crippen LogP contribution in [0.15, 0.2) is 22.8 Å². The van der Waals surface area contributed by atoms with E-state index >= 15 is 0 Å². The first-order chi connectivity index (χ1) is 8.95. The van der Waals surface area contributed by atoms with Gasteiger partial charge in [0.1, 0.15) is 4.60 Å². The third-order valence-electron chi connectivity index (χ3n) is 3.55. The summed E-state index contributed by atoms with van der Waals surface area (Å²) >= 11 is 3.38. The van der Waals surface area contributed by atoms with Crippen molar-refractivity contribution in [3.63, 3.8) is 0 Å². The molecule has 1 aliphatic heterocycles. The maximum absolute atomic E-state index is 11.6. The number of aromatic nitrogens is 1. The Bertz CT molecular complexity index is 533. The van der Waals surface area contributed by atoms with E-state index in [1.807, 2.05) is 18.2 Å². The molecule has 0 aliphatic carbocycles. The summed E-state index contributed by atoms with van der Waals surface area (Å²) in [5.74, 6) is 0.522. The van der Waals surface area contributed by atoms with Gasteiger partial charge >= 0.3 is 0 Å². The van der Waals surface area contributed by atoms with Crippen molar-refractivity contribution in [2.45, 2.75) is 25.7 Å². The highest BCUT2D eigenvalue weighted by Gasteiger charge is 2.22. The largest absolute Gasteiger partial charge is 0.246 e. The quantitative estimate of drug-likeness (QED) is 0.790. The van der Waals surface area contributed by atoms with Gasteiger partial charge in [0.2, 0.25) is 10.0 Å². The highest BCUT2D eigenvalue weighted by Crippen LogP contribution is 2.22. The summed E-state index contributed by atoms with van der Waals surface area (Å²) in [6.07, 6.45) is 5.15. The number of pyridine rings is 1. The minimum Gasteiger partial charge on any atom is -0.246 e. The Morgan fingerprint density at radius 2 is 2.16 bits per heavy atom. The van der Waals surface area contributed by atoms with Crippen LogP contribution in [-0.2, 0) is 16.4 Å². The molecular formula is C13H19BrN2O2S. The SMILES string of the molecule is CS(=O)(=O)N1CCC[C@H](Cc2cccc(Br)n2)CC1. The predicted octanol–water partition coefficient (Wildman–Crippen LogP) is 2.45. The summed E-state index contributed by atoms with van der Waals surface area (Å²) in [6, 6.07) is 5.94. The molecular weight excluding hydrogens is 328 g/mol. The van der Waals surface area contributed by atoms with Crippen LogP contribution < -0.4 is 0 Å². The smallest absolute Gasteiger partial charge is 0.211 e. The van der Waals surface area contributed by atoms with Crippen LogP contribution in [0.3, 0.4) is 0 Å². The van der Waals surface area contributed by atoms with Crippen LogP contribution in [0, 0.1) is 5.92 Å². The van der Waals surface area contributed by atoms with Crippen LogP contribution in [0.4, 0.5) is 0 Å². The van der Waals surface area contributed by atoms with Crippen LogP contribution in [0.25, 0.3) is 0 Å². The molecule has 4 nitrogen and oxygen atoms in total. The van der Waals surface area contributed by atoms with Crippen molar-refractivity contribution in [1.29, 1.82) is 0 Å². The van der Waals surface area contributed by atoms with Gasteiger partial charge in [-0.15, -0.1) is 0 Å². The normalized spacial score (nSPS) is 22.1. The van der Waals surface area contributed by atoms with E-state index in [1.165, 1.54) is 6.26 Å². The Morgan fingerprint density at radius 1 is 1.37 bits per heavy atom. The van der Waals surface area contributed by atoms with Crippen molar-refractivity contribution in [2.24, 2.45) is 5.92 Å². The van der Waals surface area contributed by atoms with Gasteiger partial charge < -0.3 is 0 Å². The van der Waals surface area contributed by atoms with Crippen LogP contribution in [-0.4, -0.2) is 37.1 Å². The number of hydrogen-bond donors (Lipinski definition) is 0. The zero-order valence-electron chi connectivity index (χ0n) is 11.0. The molecule has 1 aliphatic rings. The molecule has 0 saturated carbocycles. The monoisotopic (exact) mass is 346 g/mol. The lowest BCUT2D eigenvalue weighted by atomic mass is 9.95. The van der Waals surface area contributed by atoms with E-state index in [2.05, 4.69) is 20.9 Å². The lowest BCUT2D eigenvalue weighted by molar-refractivity contribution is 0.412. The summed E-state index contributed by atoms with van der Waals surface area (Å²) < 4.78 is 25.6. The van der Waals surface area contributed by atoms with Crippen LogP contribution in [0.2, 0.25) is 0 Å². The van der Waals surface area contributed by atoms with Gasteiger partial charge in [-0.05, 0) is 59.7 Å². The second-order valence-corrected chi connectivity index (χ2v) is 7.91. The molecule has 1 fully saturated rings. The van der Waals surface area contributed by atoms with E-state index in [4.69, 9.17) is 0 Å². The third kappa shape index (κ3) is 4.54. The average Bonchev–Trinajstić information content (AvgIpc) is 2.54. The summed E-state index contributed by atoms with van der Waals surface area (Å²) in [5.41, 5.74) is 1.08. The van der Waals surface area contributed by atoms with Gasteiger partial charge in [0, 0.05) is 18.8 Å². The van der Waals surface area contributed by atoms with Crippen LogP contribution in [0.5, 0.6) is 0 Å². The van der Waals surface area contributed by atoms with Crippen molar-refractivity contribution in [1.82, 2.24) is 9.29 Å². The van der Waals surface area contributed by atoms with Crippen molar-refractivity contribution < 1.29 is 8.42 Å². The zero-order chi connectivity index (χ0) is 13.9. The van der Waals surface area contributed by atoms with Crippen LogP contribution >= 0.6 is 15.9 Å². The standard InChI is InChI=1S/C13H19BrN2O2S/c1-19(17,18)16-8-3-4-11(7-9-16)10-12-5-2-6-13(14)15-12/h2,5-6,11H,3-4,7-10H2,1H3/t11-/m0/s1. The molecule has 0 bridgehead atoms. The second-order valence-electron chi connectivity index (χ2n) is 5.11. The Balaban J connectivity index is 1.96. The molecule has 1 saturated heterocycles. The first kappa shape index (κ1) is 14.9. The van der Waals surface area contributed by atoms with E-state index in [9.17, 15) is 8.42 Å². The third-order valence-corrected chi connectivity index (χ3v) is 5.29. The molecule has 106 valence electrons. The summed E-state index contributed by atoms with van der Waals surface area (Å²) in [7, 11) is -3.04. The van der Waals surface area contributed by atoms with E-state index < -0.39 is 10.0 Å². The molecule has 2 rings (SSSR count). The van der Waals surface area contributed by atoms with Gasteiger partial charge in [-0.25, -0.2) is 17.7 Å². The number of sulfonamides is 1. The first-order valence-electron chi connectivity index (χ1n) is 6.52. The molecule has 6 heteroatoms. The molecule has 2 heterocycles. The molecule has 1 aromatic heterocycles. The van der Waals surface area contributed by atoms with Gasteiger partial charge in [-0.1, -0.05) is 6.07 Å². The second kappa shape index (κ2) is 6.33. The van der Waals surface area contributed by atoms with Crippen molar-refractivity contribution >= 4 is 26.0 Å². The maximum atomic E-state index is 11.6. The molecule has 0 unspecified atom stereocenters. The molecule has 0 radical (unpaired) electrons. The Kier molecular flexibility index (Phi) is 4.97. The van der Waals surface area contributed by atoms with Crippen molar-refractivity contribution in [2.75, 3.05) is 19.3 Å². The predicted molar refractivity (Wildman–Crippen MR) is 79.4 cm³/mol. The van der Waals surface area contributed by atoms with Gasteiger partial charge in [-0.3, -0.25) is 0 Å². The molecule has 1 atom stereocenters. The van der Waals surface area contributed by atoms with E-state index in [0.717, 1.165) is 36.0 Å². The average molecular weight is 347 g/mol. The Morgan fingerprint density at radius 3 is 2.84 bits per heavy atom. The van der Waals surface area contributed by atoms with Crippen molar-refractivity contribution in [3.8, 4) is 0 Å². The van der Waals surface area contributed by atoms with Gasteiger partial charge in [0.15, 0.2) is 0 Å². The lowest BCUT2D eigenvalue weighted by Crippen LogP contribution is -2.30. The molecule has 19 heavy (non-hydrogen) atoms. The van der Waals surface area contributed by atoms with Crippen molar-refractivity contribution in [3.05, 3.63) is 28.5 Å². The minimum atomic E-state index is -3.04. The molecule has 0 spiro atoms. The van der Waals surface area contributed by atoms with Gasteiger partial charge in [0.25, 0.3) is 0 Å². The summed E-state index contributed by atoms with van der Waals surface area (Å²) in [4.78, 5) is 4.45. The molecule has 1 aromatic rings. The first-order valence-corrected chi connectivity index (χ1v) is 9.16. The fourth-order valence-corrected chi connectivity index (χ4v) is 3.81. The van der Waals surface area contributed by atoms with Crippen LogP contribution in [0.1, 0.15) is 25.0 Å². The fourth-order valence-electron chi connectivity index (χ4n) is 2.53. The summed E-state index contributed by atoms with van der Waals surface area (Å²) in [5, 5.41) is 0. The zero-order valence-corrected chi connectivity index (χ0v) is 13.5. The number of hydrogen-bond acceptors (Lipinski definition) is 3. The minimum absolute atomic E-state index is 0.522. The van der Waals surface area contributed by atoms with Gasteiger partial charge in [0.05, 0.1) is 6.26 Å². The fraction of sp³-hybridized carbons (Fsp3) is 0.615. The number of rotatable bonds is 3. The number of nitrogens with zero attached hydrogens (tertiary/aromatic N) is 2. The Labute approximate surface area is 123 Å².